The van der Waals surface area contributed by atoms with Gasteiger partial charge in [0, 0.05) is 28.5 Å². The van der Waals surface area contributed by atoms with Crippen LogP contribution in [-0.4, -0.2) is 29.1 Å². The number of nitrogens with one attached hydrogen (secondary N) is 2. The Morgan fingerprint density at radius 1 is 1.06 bits per heavy atom. The van der Waals surface area contributed by atoms with Crippen LogP contribution < -0.4 is 10.0 Å². The van der Waals surface area contributed by atoms with Gasteiger partial charge in [0.15, 0.2) is 5.13 Å². The zero-order valence-corrected chi connectivity index (χ0v) is 19.1. The largest absolute Gasteiger partial charge is 0.322 e. The van der Waals surface area contributed by atoms with Crippen molar-refractivity contribution in [3.63, 3.8) is 0 Å². The lowest BCUT2D eigenvalue weighted by Gasteiger charge is -2.09. The van der Waals surface area contributed by atoms with E-state index in [4.69, 9.17) is 0 Å². The van der Waals surface area contributed by atoms with Crippen molar-refractivity contribution < 1.29 is 13.2 Å². The topological polar surface area (TPSA) is 106 Å². The maximum atomic E-state index is 12.6. The van der Waals surface area contributed by atoms with Crippen LogP contribution in [0.1, 0.15) is 27.3 Å². The lowest BCUT2D eigenvalue weighted by molar-refractivity contribution is 0.102. The molecule has 2 N–H and O–H groups in total. The third-order valence-electron chi connectivity index (χ3n) is 4.73. The quantitative estimate of drug-likeness (QED) is 0.426. The number of aromatic nitrogens is 3. The molecule has 0 saturated heterocycles. The standard InChI is InChI=1S/C22H21N5O3S2/c1-15-13-16(2)27(25-15)14-17-3-5-18(6-4-17)21(28)24-19-7-9-20(10-8-19)32(29,30)26-22-23-11-12-31-22/h3-13H,14H2,1-2H3,(H,23,26)(H,24,28). The first-order chi connectivity index (χ1) is 15.3. The minimum Gasteiger partial charge on any atom is -0.322 e. The van der Waals surface area contributed by atoms with Crippen molar-refractivity contribution in [3.8, 4) is 0 Å². The lowest BCUT2D eigenvalue weighted by Crippen LogP contribution is -2.14. The van der Waals surface area contributed by atoms with Crippen molar-refractivity contribution in [2.75, 3.05) is 10.0 Å². The van der Waals surface area contributed by atoms with Crippen molar-refractivity contribution >= 4 is 38.1 Å². The molecule has 4 rings (SSSR count). The van der Waals surface area contributed by atoms with Crippen LogP contribution >= 0.6 is 11.3 Å². The summed E-state index contributed by atoms with van der Waals surface area (Å²) in [5, 5.41) is 9.21. The van der Waals surface area contributed by atoms with E-state index in [-0.39, 0.29) is 10.8 Å². The van der Waals surface area contributed by atoms with Crippen molar-refractivity contribution in [1.82, 2.24) is 14.8 Å². The number of sulfonamides is 1. The Morgan fingerprint density at radius 2 is 1.78 bits per heavy atom. The van der Waals surface area contributed by atoms with Crippen LogP contribution in [0.5, 0.6) is 0 Å². The van der Waals surface area contributed by atoms with Gasteiger partial charge in [0.25, 0.3) is 15.9 Å². The molecule has 164 valence electrons. The van der Waals surface area contributed by atoms with Crippen molar-refractivity contribution in [3.05, 3.63) is 88.7 Å². The molecule has 4 aromatic rings. The highest BCUT2D eigenvalue weighted by Crippen LogP contribution is 2.20. The number of aryl methyl sites for hydroxylation is 2. The van der Waals surface area contributed by atoms with Gasteiger partial charge in [-0.15, -0.1) is 11.3 Å². The predicted molar refractivity (Wildman–Crippen MR) is 125 cm³/mol. The number of carbonyl (C=O) groups excluding carboxylic acids is 1. The highest BCUT2D eigenvalue weighted by atomic mass is 32.2. The van der Waals surface area contributed by atoms with Crippen LogP contribution in [0.3, 0.4) is 0 Å². The lowest BCUT2D eigenvalue weighted by atomic mass is 10.1. The molecule has 2 aromatic heterocycles. The molecule has 0 saturated carbocycles. The number of hydrogen-bond acceptors (Lipinski definition) is 6. The van der Waals surface area contributed by atoms with E-state index in [1.807, 2.05) is 36.7 Å². The Bertz CT molecular complexity index is 1330. The molecular formula is C22H21N5O3S2. The zero-order valence-electron chi connectivity index (χ0n) is 17.4. The number of carbonyl (C=O) groups is 1. The summed E-state index contributed by atoms with van der Waals surface area (Å²) in [4.78, 5) is 16.6. The van der Waals surface area contributed by atoms with Gasteiger partial charge in [-0.05, 0) is 61.9 Å². The molecule has 2 heterocycles. The van der Waals surface area contributed by atoms with E-state index in [9.17, 15) is 13.2 Å². The third kappa shape index (κ3) is 5.04. The molecule has 0 spiro atoms. The summed E-state index contributed by atoms with van der Waals surface area (Å²) in [6.07, 6.45) is 1.52. The first-order valence-electron chi connectivity index (χ1n) is 9.74. The van der Waals surface area contributed by atoms with Gasteiger partial charge in [-0.2, -0.15) is 5.10 Å². The third-order valence-corrected chi connectivity index (χ3v) is 6.90. The highest BCUT2D eigenvalue weighted by Gasteiger charge is 2.16. The number of nitrogens with zero attached hydrogens (tertiary/aromatic N) is 3. The number of thiazole rings is 1. The van der Waals surface area contributed by atoms with E-state index in [1.54, 1.807) is 29.6 Å². The summed E-state index contributed by atoms with van der Waals surface area (Å²) in [7, 11) is -3.73. The van der Waals surface area contributed by atoms with Crippen LogP contribution in [-0.2, 0) is 16.6 Å². The summed E-state index contributed by atoms with van der Waals surface area (Å²) in [5.74, 6) is -0.279. The maximum Gasteiger partial charge on any atom is 0.263 e. The van der Waals surface area contributed by atoms with Crippen molar-refractivity contribution in [1.29, 1.82) is 0 Å². The summed E-state index contributed by atoms with van der Waals surface area (Å²) in [6, 6.07) is 15.3. The number of amides is 1. The van der Waals surface area contributed by atoms with Crippen LogP contribution in [0.4, 0.5) is 10.8 Å². The van der Waals surface area contributed by atoms with Gasteiger partial charge in [-0.25, -0.2) is 13.4 Å². The van der Waals surface area contributed by atoms with Crippen LogP contribution in [0.25, 0.3) is 0 Å². The Balaban J connectivity index is 1.39. The Hall–Kier alpha value is -3.50. The fourth-order valence-electron chi connectivity index (χ4n) is 3.14. The molecule has 0 bridgehead atoms. The molecule has 1 amide bonds. The van der Waals surface area contributed by atoms with E-state index in [1.165, 1.54) is 29.7 Å². The molecule has 0 aliphatic heterocycles. The molecule has 32 heavy (non-hydrogen) atoms. The molecule has 0 atom stereocenters. The first-order valence-corrected chi connectivity index (χ1v) is 12.1. The molecule has 0 radical (unpaired) electrons. The van der Waals surface area contributed by atoms with Crippen LogP contribution in [0.2, 0.25) is 0 Å². The highest BCUT2D eigenvalue weighted by molar-refractivity contribution is 7.93. The van der Waals surface area contributed by atoms with E-state index in [2.05, 4.69) is 20.1 Å². The average Bonchev–Trinajstić information content (AvgIpc) is 3.37. The van der Waals surface area contributed by atoms with Gasteiger partial charge in [0.05, 0.1) is 17.1 Å². The fourth-order valence-corrected chi connectivity index (χ4v) is 4.93. The second kappa shape index (κ2) is 8.93. The molecule has 2 aromatic carbocycles. The van der Waals surface area contributed by atoms with E-state index >= 15 is 0 Å². The average molecular weight is 468 g/mol. The predicted octanol–water partition coefficient (Wildman–Crippen LogP) is 4.06. The number of benzene rings is 2. The smallest absolute Gasteiger partial charge is 0.263 e. The van der Waals surface area contributed by atoms with Gasteiger partial charge in [0.2, 0.25) is 0 Å². The molecule has 0 unspecified atom stereocenters. The van der Waals surface area contributed by atoms with Crippen LogP contribution in [0, 0.1) is 13.8 Å². The summed E-state index contributed by atoms with van der Waals surface area (Å²) in [6.45, 7) is 4.59. The number of anilines is 2. The normalized spacial score (nSPS) is 11.3. The summed E-state index contributed by atoms with van der Waals surface area (Å²) >= 11 is 1.19. The van der Waals surface area contributed by atoms with Gasteiger partial charge in [-0.1, -0.05) is 12.1 Å². The van der Waals surface area contributed by atoms with Crippen molar-refractivity contribution in [2.45, 2.75) is 25.3 Å². The van der Waals surface area contributed by atoms with E-state index in [0.717, 1.165) is 17.0 Å². The van der Waals surface area contributed by atoms with E-state index < -0.39 is 10.0 Å². The minimum absolute atomic E-state index is 0.0826. The van der Waals surface area contributed by atoms with Gasteiger partial charge < -0.3 is 5.32 Å². The van der Waals surface area contributed by atoms with Gasteiger partial charge in [-0.3, -0.25) is 14.2 Å². The molecular weight excluding hydrogens is 446 g/mol. The molecule has 8 nitrogen and oxygen atoms in total. The second-order valence-corrected chi connectivity index (χ2v) is 9.78. The molecule has 0 aliphatic carbocycles. The van der Waals surface area contributed by atoms with E-state index in [0.29, 0.717) is 22.9 Å². The molecule has 0 aliphatic rings. The second-order valence-electron chi connectivity index (χ2n) is 7.20. The Morgan fingerprint density at radius 3 is 2.38 bits per heavy atom. The number of hydrogen-bond donors (Lipinski definition) is 2. The summed E-state index contributed by atoms with van der Waals surface area (Å²) in [5.41, 5.74) is 4.09. The van der Waals surface area contributed by atoms with Crippen LogP contribution in [0.15, 0.2) is 71.1 Å². The fraction of sp³-hybridized carbons (Fsp3) is 0.136. The summed E-state index contributed by atoms with van der Waals surface area (Å²) < 4.78 is 29.1. The SMILES string of the molecule is Cc1cc(C)n(Cc2ccc(C(=O)Nc3ccc(S(=O)(=O)Nc4nccs4)cc3)cc2)n1. The number of rotatable bonds is 7. The monoisotopic (exact) mass is 467 g/mol. The maximum absolute atomic E-state index is 12.6. The minimum atomic E-state index is -3.73. The molecule has 0 fully saturated rings. The first kappa shape index (κ1) is 21.7. The van der Waals surface area contributed by atoms with Crippen molar-refractivity contribution in [2.24, 2.45) is 0 Å². The van der Waals surface area contributed by atoms with Gasteiger partial charge >= 0.3 is 0 Å². The zero-order chi connectivity index (χ0) is 22.7. The molecule has 10 heteroatoms. The Labute approximate surface area is 190 Å². The Kier molecular flexibility index (Phi) is 6.06. The van der Waals surface area contributed by atoms with Gasteiger partial charge in [0.1, 0.15) is 0 Å².